The second kappa shape index (κ2) is 2.76. The van der Waals surface area contributed by atoms with Crippen LogP contribution in [0.1, 0.15) is 6.42 Å². The molecule has 0 aromatic heterocycles. The Morgan fingerprint density at radius 3 is 2.83 bits per heavy atom. The van der Waals surface area contributed by atoms with Crippen LogP contribution in [0.15, 0.2) is 5.16 Å². The molecule has 0 radical (unpaired) electrons. The second-order valence-electron chi connectivity index (χ2n) is 3.51. The van der Waals surface area contributed by atoms with Crippen LogP contribution in [0.2, 0.25) is 0 Å². The van der Waals surface area contributed by atoms with Crippen LogP contribution in [-0.4, -0.2) is 35.5 Å². The van der Waals surface area contributed by atoms with Crippen molar-refractivity contribution in [2.45, 2.75) is 6.42 Å². The molecule has 0 aliphatic carbocycles. The zero-order chi connectivity index (χ0) is 8.55. The quantitative estimate of drug-likeness (QED) is 0.345. The summed E-state index contributed by atoms with van der Waals surface area (Å²) >= 11 is 0. The van der Waals surface area contributed by atoms with Crippen LogP contribution in [0, 0.1) is 23.2 Å². The molecular weight excluding hydrogens is 154 g/mol. The lowest BCUT2D eigenvalue weighted by molar-refractivity contribution is 0.304. The minimum atomic E-state index is 0.189. The van der Waals surface area contributed by atoms with Gasteiger partial charge in [0.2, 0.25) is 0 Å². The van der Waals surface area contributed by atoms with Crippen LogP contribution < -0.4 is 0 Å². The molecule has 4 heteroatoms. The topological polar surface area (TPSA) is 59.6 Å². The van der Waals surface area contributed by atoms with Crippen molar-refractivity contribution in [2.75, 3.05) is 19.6 Å². The monoisotopic (exact) mass is 165 g/mol. The highest BCUT2D eigenvalue weighted by molar-refractivity contribution is 6.00. The van der Waals surface area contributed by atoms with E-state index >= 15 is 0 Å². The van der Waals surface area contributed by atoms with E-state index in [4.69, 9.17) is 10.5 Å². The van der Waals surface area contributed by atoms with Gasteiger partial charge in [0.05, 0.1) is 0 Å². The Bertz CT molecular complexity index is 256. The summed E-state index contributed by atoms with van der Waals surface area (Å²) in [7, 11) is 0. The van der Waals surface area contributed by atoms with Crippen LogP contribution in [0.3, 0.4) is 0 Å². The summed E-state index contributed by atoms with van der Waals surface area (Å²) in [4.78, 5) is 2.32. The lowest BCUT2D eigenvalue weighted by Crippen LogP contribution is -2.28. The van der Waals surface area contributed by atoms with Crippen molar-refractivity contribution in [2.24, 2.45) is 17.0 Å². The standard InChI is InChI=1S/C8H11N3O/c9-3-8(10-12)7-5-11-2-1-6(7)4-11/h6-7,12H,1-2,4-5H2. The van der Waals surface area contributed by atoms with E-state index in [9.17, 15) is 0 Å². The number of nitrogens with zero attached hydrogens (tertiary/aromatic N) is 3. The van der Waals surface area contributed by atoms with E-state index in [1.54, 1.807) is 0 Å². The molecule has 64 valence electrons. The molecule has 0 aromatic carbocycles. The Balaban J connectivity index is 2.12. The predicted molar refractivity (Wildman–Crippen MR) is 42.9 cm³/mol. The lowest BCUT2D eigenvalue weighted by Gasteiger charge is -2.19. The number of hydrogen-bond acceptors (Lipinski definition) is 4. The Labute approximate surface area is 71.1 Å². The zero-order valence-electron chi connectivity index (χ0n) is 6.77. The molecule has 12 heavy (non-hydrogen) atoms. The van der Waals surface area contributed by atoms with Gasteiger partial charge in [0, 0.05) is 19.0 Å². The molecular formula is C8H11N3O. The second-order valence-corrected chi connectivity index (χ2v) is 3.51. The molecule has 4 nitrogen and oxygen atoms in total. The number of hydrogen-bond donors (Lipinski definition) is 1. The van der Waals surface area contributed by atoms with E-state index in [2.05, 4.69) is 10.1 Å². The molecule has 0 saturated carbocycles. The van der Waals surface area contributed by atoms with Gasteiger partial charge in [0.25, 0.3) is 0 Å². The van der Waals surface area contributed by atoms with E-state index < -0.39 is 0 Å². The highest BCUT2D eigenvalue weighted by Crippen LogP contribution is 2.33. The number of nitriles is 1. The molecule has 3 atom stereocenters. The smallest absolute Gasteiger partial charge is 0.161 e. The maximum atomic E-state index is 8.66. The van der Waals surface area contributed by atoms with Crippen molar-refractivity contribution in [1.29, 1.82) is 5.26 Å². The van der Waals surface area contributed by atoms with Crippen LogP contribution in [0.25, 0.3) is 0 Å². The van der Waals surface area contributed by atoms with Crippen molar-refractivity contribution in [3.8, 4) is 6.07 Å². The first kappa shape index (κ1) is 7.56. The Hall–Kier alpha value is -1.08. The fourth-order valence-electron chi connectivity index (χ4n) is 2.27. The normalized spacial score (nSPS) is 39.9. The summed E-state index contributed by atoms with van der Waals surface area (Å²) < 4.78 is 0. The van der Waals surface area contributed by atoms with Crippen LogP contribution in [0.5, 0.6) is 0 Å². The van der Waals surface area contributed by atoms with Gasteiger partial charge < -0.3 is 10.1 Å². The Morgan fingerprint density at radius 1 is 1.58 bits per heavy atom. The van der Waals surface area contributed by atoms with Crippen molar-refractivity contribution < 1.29 is 5.21 Å². The highest BCUT2D eigenvalue weighted by atomic mass is 16.4. The first-order valence-electron chi connectivity index (χ1n) is 4.19. The first-order chi connectivity index (χ1) is 5.85. The third-order valence-corrected chi connectivity index (χ3v) is 2.91. The molecule has 1 N–H and O–H groups in total. The minimum Gasteiger partial charge on any atom is -0.410 e. The van der Waals surface area contributed by atoms with Gasteiger partial charge in [-0.15, -0.1) is 0 Å². The van der Waals surface area contributed by atoms with Gasteiger partial charge in [-0.3, -0.25) is 0 Å². The van der Waals surface area contributed by atoms with E-state index in [1.165, 1.54) is 0 Å². The number of oxime groups is 1. The maximum Gasteiger partial charge on any atom is 0.161 e. The summed E-state index contributed by atoms with van der Waals surface area (Å²) in [5.41, 5.74) is 0.308. The van der Waals surface area contributed by atoms with Gasteiger partial charge in [0.1, 0.15) is 6.07 Å². The fourth-order valence-corrected chi connectivity index (χ4v) is 2.27. The SMILES string of the molecule is N#CC(=NO)C1CN2CCC1C2. The Kier molecular flexibility index (Phi) is 1.74. The average molecular weight is 165 g/mol. The molecule has 2 rings (SSSR count). The molecule has 3 unspecified atom stereocenters. The summed E-state index contributed by atoms with van der Waals surface area (Å²) in [5, 5.41) is 20.3. The number of piperidine rings is 1. The fraction of sp³-hybridized carbons (Fsp3) is 0.750. The molecule has 2 saturated heterocycles. The van der Waals surface area contributed by atoms with E-state index in [1.807, 2.05) is 6.07 Å². The van der Waals surface area contributed by atoms with Gasteiger partial charge in [-0.2, -0.15) is 5.26 Å². The molecule has 2 heterocycles. The van der Waals surface area contributed by atoms with Crippen LogP contribution in [0.4, 0.5) is 0 Å². The first-order valence-corrected chi connectivity index (χ1v) is 4.19. The molecule has 0 spiro atoms. The molecule has 2 aliphatic heterocycles. The molecule has 2 fully saturated rings. The lowest BCUT2D eigenvalue weighted by atomic mass is 9.89. The summed E-state index contributed by atoms with van der Waals surface area (Å²) in [6.07, 6.45) is 1.14. The predicted octanol–water partition coefficient (Wildman–Crippen LogP) is 0.292. The largest absolute Gasteiger partial charge is 0.410 e. The number of rotatable bonds is 1. The Morgan fingerprint density at radius 2 is 2.42 bits per heavy atom. The van der Waals surface area contributed by atoms with Gasteiger partial charge in [-0.1, -0.05) is 5.16 Å². The van der Waals surface area contributed by atoms with Crippen molar-refractivity contribution >= 4 is 5.71 Å². The summed E-state index contributed by atoms with van der Waals surface area (Å²) in [6, 6.07) is 1.95. The van der Waals surface area contributed by atoms with Crippen molar-refractivity contribution in [3.05, 3.63) is 0 Å². The van der Waals surface area contributed by atoms with Gasteiger partial charge in [-0.05, 0) is 18.9 Å². The molecule has 0 aromatic rings. The average Bonchev–Trinajstić information content (AvgIpc) is 2.67. The van der Waals surface area contributed by atoms with E-state index in [0.717, 1.165) is 26.1 Å². The molecule has 0 amide bonds. The third kappa shape index (κ3) is 0.978. The van der Waals surface area contributed by atoms with E-state index in [-0.39, 0.29) is 5.92 Å². The van der Waals surface area contributed by atoms with Gasteiger partial charge in [-0.25, -0.2) is 0 Å². The van der Waals surface area contributed by atoms with Gasteiger partial charge >= 0.3 is 0 Å². The zero-order valence-corrected chi connectivity index (χ0v) is 6.77. The number of fused-ring (bicyclic) bond motifs is 2. The van der Waals surface area contributed by atoms with Crippen LogP contribution >= 0.6 is 0 Å². The molecule has 2 aliphatic rings. The van der Waals surface area contributed by atoms with Crippen molar-refractivity contribution in [3.63, 3.8) is 0 Å². The van der Waals surface area contributed by atoms with Crippen LogP contribution in [-0.2, 0) is 0 Å². The summed E-state index contributed by atoms with van der Waals surface area (Å²) in [6.45, 7) is 3.12. The maximum absolute atomic E-state index is 8.66. The van der Waals surface area contributed by atoms with Gasteiger partial charge in [0.15, 0.2) is 5.71 Å². The van der Waals surface area contributed by atoms with Crippen molar-refractivity contribution in [1.82, 2.24) is 4.90 Å². The van der Waals surface area contributed by atoms with E-state index in [0.29, 0.717) is 11.6 Å². The summed E-state index contributed by atoms with van der Waals surface area (Å²) in [5.74, 6) is 0.740. The molecule has 2 bridgehead atoms. The highest BCUT2D eigenvalue weighted by Gasteiger charge is 2.40. The third-order valence-electron chi connectivity index (χ3n) is 2.91. The minimum absolute atomic E-state index is 0.189.